The minimum Gasteiger partial charge on any atom is -0.457 e. The molecule has 0 aliphatic carbocycles. The van der Waals surface area contributed by atoms with Gasteiger partial charge in [-0.1, -0.05) is 18.2 Å². The van der Waals surface area contributed by atoms with Gasteiger partial charge >= 0.3 is 0 Å². The maximum Gasteiger partial charge on any atom is 0.232 e. The molecule has 0 amide bonds. The van der Waals surface area contributed by atoms with Crippen LogP contribution in [-0.2, 0) is 10.0 Å². The van der Waals surface area contributed by atoms with E-state index in [2.05, 4.69) is 10.0 Å². The van der Waals surface area contributed by atoms with Gasteiger partial charge in [-0.3, -0.25) is 4.72 Å². The summed E-state index contributed by atoms with van der Waals surface area (Å²) in [5.41, 5.74) is 2.64. The first kappa shape index (κ1) is 16.0. The van der Waals surface area contributed by atoms with Crippen LogP contribution in [0.25, 0.3) is 5.70 Å². The van der Waals surface area contributed by atoms with Crippen LogP contribution in [-0.4, -0.2) is 20.7 Å². The quantitative estimate of drug-likeness (QED) is 0.887. The van der Waals surface area contributed by atoms with Crippen molar-refractivity contribution in [2.45, 2.75) is 12.8 Å². The Morgan fingerprint density at radius 3 is 2.40 bits per heavy atom. The molecule has 130 valence electrons. The molecule has 2 aromatic rings. The van der Waals surface area contributed by atoms with Crippen LogP contribution < -0.4 is 14.8 Å². The van der Waals surface area contributed by atoms with Crippen molar-refractivity contribution >= 4 is 15.7 Å². The Bertz CT molecular complexity index is 890. The van der Waals surface area contributed by atoms with Gasteiger partial charge in [0.25, 0.3) is 0 Å². The van der Waals surface area contributed by atoms with Crippen LogP contribution in [0.15, 0.2) is 60.3 Å². The van der Waals surface area contributed by atoms with Gasteiger partial charge in [0, 0.05) is 12.5 Å². The highest BCUT2D eigenvalue weighted by Crippen LogP contribution is 2.33. The van der Waals surface area contributed by atoms with Crippen LogP contribution in [0, 0.1) is 5.92 Å². The Balaban J connectivity index is 1.61. The van der Waals surface area contributed by atoms with Crippen molar-refractivity contribution in [3.8, 4) is 11.5 Å². The van der Waals surface area contributed by atoms with E-state index < -0.39 is 10.0 Å². The third-order valence-corrected chi connectivity index (χ3v) is 5.90. The first-order chi connectivity index (χ1) is 12.1. The molecule has 2 N–H and O–H groups in total. The topological polar surface area (TPSA) is 67.4 Å². The first-order valence-electron chi connectivity index (χ1n) is 8.43. The molecule has 1 atom stereocenters. The third-order valence-electron chi connectivity index (χ3n) is 4.59. The molecule has 0 spiro atoms. The van der Waals surface area contributed by atoms with Gasteiger partial charge in [0.05, 0.1) is 17.1 Å². The number of hydrogen-bond donors (Lipinski definition) is 2. The lowest BCUT2D eigenvalue weighted by Gasteiger charge is -2.33. The molecule has 0 bridgehead atoms. The number of fused-ring (bicyclic) bond motifs is 1. The average molecular weight is 356 g/mol. The Morgan fingerprint density at radius 2 is 1.64 bits per heavy atom. The van der Waals surface area contributed by atoms with E-state index in [1.807, 2.05) is 54.6 Å². The normalized spacial score (nSPS) is 21.7. The number of hydrogen-bond acceptors (Lipinski definition) is 4. The summed E-state index contributed by atoms with van der Waals surface area (Å²) in [5.74, 6) is 2.02. The molecule has 1 fully saturated rings. The highest BCUT2D eigenvalue weighted by molar-refractivity contribution is 7.89. The molecule has 2 aromatic carbocycles. The fourth-order valence-corrected chi connectivity index (χ4v) is 4.63. The molecule has 2 aliphatic rings. The van der Waals surface area contributed by atoms with Crippen LogP contribution in [0.5, 0.6) is 11.5 Å². The van der Waals surface area contributed by atoms with Gasteiger partial charge in [0.2, 0.25) is 10.0 Å². The minimum absolute atomic E-state index is 0.207. The van der Waals surface area contributed by atoms with E-state index in [9.17, 15) is 8.42 Å². The molecule has 2 aliphatic heterocycles. The predicted molar refractivity (Wildman–Crippen MR) is 97.5 cm³/mol. The summed E-state index contributed by atoms with van der Waals surface area (Å²) >= 11 is 0. The number of ether oxygens (including phenoxy) is 1. The molecule has 5 nitrogen and oxygen atoms in total. The van der Waals surface area contributed by atoms with Crippen LogP contribution in [0.3, 0.4) is 0 Å². The number of rotatable bonds is 3. The minimum atomic E-state index is -3.22. The highest BCUT2D eigenvalue weighted by Gasteiger charge is 2.32. The van der Waals surface area contributed by atoms with E-state index in [4.69, 9.17) is 4.74 Å². The lowest BCUT2D eigenvalue weighted by Crippen LogP contribution is -2.42. The van der Waals surface area contributed by atoms with Crippen LogP contribution >= 0.6 is 0 Å². The van der Waals surface area contributed by atoms with Gasteiger partial charge in [-0.15, -0.1) is 0 Å². The van der Waals surface area contributed by atoms with Crippen molar-refractivity contribution in [2.75, 3.05) is 12.3 Å². The third kappa shape index (κ3) is 3.49. The van der Waals surface area contributed by atoms with E-state index in [0.717, 1.165) is 41.4 Å². The number of sulfonamides is 1. The number of benzene rings is 2. The van der Waals surface area contributed by atoms with Crippen LogP contribution in [0.4, 0.5) is 0 Å². The standard InChI is InChI=1S/C19H20N2O3S/c22-25(23)13-11-15-10-12-20-18(19(15)21-25)14-6-8-17(9-7-14)24-16-4-2-1-3-5-16/h1-9,15,20-21H,10-13H2. The summed E-state index contributed by atoms with van der Waals surface area (Å²) in [6.07, 6.45) is 1.64. The molecule has 4 rings (SSSR count). The Kier molecular flexibility index (Phi) is 4.13. The molecule has 0 saturated carbocycles. The molecule has 6 heteroatoms. The molecule has 2 heterocycles. The largest absolute Gasteiger partial charge is 0.457 e. The number of nitrogens with one attached hydrogen (secondary N) is 2. The Hall–Kier alpha value is -2.47. The number of allylic oxidation sites excluding steroid dienone is 1. The summed E-state index contributed by atoms with van der Waals surface area (Å²) in [5, 5.41) is 3.35. The monoisotopic (exact) mass is 356 g/mol. The van der Waals surface area contributed by atoms with Gasteiger partial charge < -0.3 is 10.1 Å². The van der Waals surface area contributed by atoms with E-state index in [1.165, 1.54) is 0 Å². The second-order valence-corrected chi connectivity index (χ2v) is 8.19. The van der Waals surface area contributed by atoms with E-state index in [-0.39, 0.29) is 11.7 Å². The zero-order valence-electron chi connectivity index (χ0n) is 13.7. The average Bonchev–Trinajstić information content (AvgIpc) is 2.62. The second kappa shape index (κ2) is 6.44. The van der Waals surface area contributed by atoms with E-state index >= 15 is 0 Å². The molecular formula is C19H20N2O3S. The van der Waals surface area contributed by atoms with Crippen molar-refractivity contribution in [1.29, 1.82) is 0 Å². The van der Waals surface area contributed by atoms with E-state index in [0.29, 0.717) is 6.42 Å². The van der Waals surface area contributed by atoms with E-state index in [1.54, 1.807) is 0 Å². The second-order valence-electron chi connectivity index (χ2n) is 6.35. The SMILES string of the molecule is O=S1(=O)CCC2CCNC(c3ccc(Oc4ccccc4)cc3)=C2N1. The maximum atomic E-state index is 11.9. The first-order valence-corrected chi connectivity index (χ1v) is 10.1. The summed E-state index contributed by atoms with van der Waals surface area (Å²) in [7, 11) is -3.22. The van der Waals surface area contributed by atoms with Gasteiger partial charge in [0.1, 0.15) is 11.5 Å². The Labute approximate surface area is 147 Å². The van der Waals surface area contributed by atoms with Gasteiger partial charge in [-0.25, -0.2) is 8.42 Å². The zero-order valence-corrected chi connectivity index (χ0v) is 14.6. The maximum absolute atomic E-state index is 11.9. The predicted octanol–water partition coefficient (Wildman–Crippen LogP) is 3.08. The van der Waals surface area contributed by atoms with Crippen LogP contribution in [0.2, 0.25) is 0 Å². The van der Waals surface area contributed by atoms with Gasteiger partial charge in [0.15, 0.2) is 0 Å². The number of para-hydroxylation sites is 1. The lowest BCUT2D eigenvalue weighted by atomic mass is 9.91. The molecule has 0 radical (unpaired) electrons. The van der Waals surface area contributed by atoms with Crippen LogP contribution in [0.1, 0.15) is 18.4 Å². The van der Waals surface area contributed by atoms with Crippen molar-refractivity contribution < 1.29 is 13.2 Å². The van der Waals surface area contributed by atoms with Crippen molar-refractivity contribution in [3.63, 3.8) is 0 Å². The summed E-state index contributed by atoms with van der Waals surface area (Å²) < 4.78 is 32.5. The fourth-order valence-electron chi connectivity index (χ4n) is 3.33. The van der Waals surface area contributed by atoms with Crippen molar-refractivity contribution in [3.05, 3.63) is 65.9 Å². The molecule has 25 heavy (non-hydrogen) atoms. The summed E-state index contributed by atoms with van der Waals surface area (Å²) in [6.45, 7) is 0.855. The van der Waals surface area contributed by atoms with Gasteiger partial charge in [-0.05, 0) is 54.8 Å². The molecule has 1 saturated heterocycles. The smallest absolute Gasteiger partial charge is 0.232 e. The lowest BCUT2D eigenvalue weighted by molar-refractivity contribution is 0.468. The zero-order chi connectivity index (χ0) is 17.3. The highest BCUT2D eigenvalue weighted by atomic mass is 32.2. The Morgan fingerprint density at radius 1 is 0.920 bits per heavy atom. The summed E-state index contributed by atoms with van der Waals surface area (Å²) in [6, 6.07) is 17.3. The molecule has 1 unspecified atom stereocenters. The van der Waals surface area contributed by atoms with Crippen molar-refractivity contribution in [1.82, 2.24) is 10.0 Å². The molecular weight excluding hydrogens is 336 g/mol. The fraction of sp³-hybridized carbons (Fsp3) is 0.263. The summed E-state index contributed by atoms with van der Waals surface area (Å²) in [4.78, 5) is 0. The van der Waals surface area contributed by atoms with Crippen molar-refractivity contribution in [2.24, 2.45) is 5.92 Å². The van der Waals surface area contributed by atoms with Gasteiger partial charge in [-0.2, -0.15) is 0 Å². The molecule has 0 aromatic heterocycles.